The molecular formula is C21H15NO5S2. The summed E-state index contributed by atoms with van der Waals surface area (Å²) in [6, 6.07) is 14.8. The molecule has 0 fully saturated rings. The third-order valence-corrected chi connectivity index (χ3v) is 6.63. The number of nitrogen functional groups attached to an aromatic ring is 1. The highest BCUT2D eigenvalue weighted by atomic mass is 32.2. The zero-order chi connectivity index (χ0) is 20.9. The molecule has 0 amide bonds. The molecule has 3 N–H and O–H groups in total. The van der Waals surface area contributed by atoms with Gasteiger partial charge in [-0.15, -0.1) is 0 Å². The molecule has 0 heterocycles. The lowest BCUT2D eigenvalue weighted by Gasteiger charge is -2.22. The molecule has 8 heteroatoms. The van der Waals surface area contributed by atoms with Crippen LogP contribution in [0, 0.1) is 6.92 Å². The van der Waals surface area contributed by atoms with Gasteiger partial charge in [0.1, 0.15) is 4.90 Å². The Bertz CT molecular complexity index is 1300. The largest absolute Gasteiger partial charge is 0.397 e. The molecule has 1 aliphatic carbocycles. The van der Waals surface area contributed by atoms with Crippen LogP contribution in [-0.4, -0.2) is 24.5 Å². The van der Waals surface area contributed by atoms with Crippen molar-refractivity contribution in [3.8, 4) is 0 Å². The van der Waals surface area contributed by atoms with Gasteiger partial charge in [0.25, 0.3) is 10.1 Å². The van der Waals surface area contributed by atoms with E-state index in [1.54, 1.807) is 18.2 Å². The summed E-state index contributed by atoms with van der Waals surface area (Å²) in [6.45, 7) is 1.93. The minimum atomic E-state index is -4.71. The van der Waals surface area contributed by atoms with Crippen molar-refractivity contribution in [3.63, 3.8) is 0 Å². The maximum atomic E-state index is 13.2. The first-order chi connectivity index (χ1) is 13.7. The fourth-order valence-electron chi connectivity index (χ4n) is 3.29. The first kappa shape index (κ1) is 19.4. The topological polar surface area (TPSA) is 115 Å². The first-order valence-electron chi connectivity index (χ1n) is 8.55. The van der Waals surface area contributed by atoms with Crippen LogP contribution in [0.3, 0.4) is 0 Å². The normalized spacial score (nSPS) is 13.2. The van der Waals surface area contributed by atoms with Crippen molar-refractivity contribution < 1.29 is 22.6 Å². The van der Waals surface area contributed by atoms with Gasteiger partial charge >= 0.3 is 0 Å². The Morgan fingerprint density at radius 3 is 2.00 bits per heavy atom. The van der Waals surface area contributed by atoms with Crippen LogP contribution >= 0.6 is 11.8 Å². The lowest BCUT2D eigenvalue weighted by molar-refractivity contribution is 0.0977. The van der Waals surface area contributed by atoms with E-state index in [9.17, 15) is 22.6 Å². The van der Waals surface area contributed by atoms with Gasteiger partial charge in [0.2, 0.25) is 0 Å². The maximum Gasteiger partial charge on any atom is 0.296 e. The van der Waals surface area contributed by atoms with Crippen molar-refractivity contribution in [1.29, 1.82) is 0 Å². The number of aryl methyl sites for hydroxylation is 1. The SMILES string of the molecule is Cc1ccc(Sc2cc(S(=O)(=O)O)c(N)c3c2C(=O)c2ccccc2C3=O)cc1. The summed E-state index contributed by atoms with van der Waals surface area (Å²) < 4.78 is 33.4. The fourth-order valence-corrected chi connectivity index (χ4v) is 5.01. The molecule has 146 valence electrons. The average molecular weight is 425 g/mol. The van der Waals surface area contributed by atoms with E-state index in [4.69, 9.17) is 5.73 Å². The lowest BCUT2D eigenvalue weighted by atomic mass is 9.83. The van der Waals surface area contributed by atoms with E-state index >= 15 is 0 Å². The van der Waals surface area contributed by atoms with Crippen LogP contribution in [0.15, 0.2) is 69.3 Å². The molecule has 0 radical (unpaired) electrons. The van der Waals surface area contributed by atoms with Gasteiger partial charge in [-0.1, -0.05) is 53.7 Å². The van der Waals surface area contributed by atoms with Crippen LogP contribution < -0.4 is 5.73 Å². The zero-order valence-corrected chi connectivity index (χ0v) is 16.8. The standard InChI is InChI=1S/C21H15NO5S2/c1-11-6-8-12(9-7-11)28-15-10-16(29(25,26)27)19(22)18-17(15)20(23)13-4-2-3-5-14(13)21(18)24/h2-10H,22H2,1H3,(H,25,26,27). The third-order valence-electron chi connectivity index (χ3n) is 4.69. The van der Waals surface area contributed by atoms with Gasteiger partial charge < -0.3 is 5.73 Å². The Labute approximate surface area is 171 Å². The van der Waals surface area contributed by atoms with Crippen LogP contribution in [0.5, 0.6) is 0 Å². The highest BCUT2D eigenvalue weighted by Crippen LogP contribution is 2.42. The summed E-state index contributed by atoms with van der Waals surface area (Å²) in [5, 5.41) is 0. The monoisotopic (exact) mass is 425 g/mol. The van der Waals surface area contributed by atoms with E-state index in [0.717, 1.165) is 28.3 Å². The number of nitrogens with two attached hydrogens (primary N) is 1. The summed E-state index contributed by atoms with van der Waals surface area (Å²) in [6.07, 6.45) is 0. The van der Waals surface area contributed by atoms with E-state index in [1.165, 1.54) is 6.07 Å². The van der Waals surface area contributed by atoms with Gasteiger partial charge in [-0.05, 0) is 25.1 Å². The minimum absolute atomic E-state index is 0.0455. The molecule has 0 spiro atoms. The van der Waals surface area contributed by atoms with Crippen molar-refractivity contribution in [2.45, 2.75) is 21.6 Å². The number of ketones is 2. The van der Waals surface area contributed by atoms with Gasteiger partial charge in [0.15, 0.2) is 11.6 Å². The summed E-state index contributed by atoms with van der Waals surface area (Å²) in [5.74, 6) is -0.970. The van der Waals surface area contributed by atoms with Crippen molar-refractivity contribution in [3.05, 3.63) is 82.4 Å². The van der Waals surface area contributed by atoms with Crippen molar-refractivity contribution >= 4 is 39.1 Å². The molecule has 1 aliphatic rings. The Hall–Kier alpha value is -2.94. The lowest BCUT2D eigenvalue weighted by Crippen LogP contribution is -2.24. The Balaban J connectivity index is 2.02. The predicted molar refractivity (Wildman–Crippen MR) is 109 cm³/mol. The average Bonchev–Trinajstić information content (AvgIpc) is 2.68. The number of hydrogen-bond donors (Lipinski definition) is 2. The number of fused-ring (bicyclic) bond motifs is 2. The second-order valence-corrected chi connectivity index (χ2v) is 9.14. The number of carbonyl (C=O) groups excluding carboxylic acids is 2. The predicted octanol–water partition coefficient (Wildman–Crippen LogP) is 3.75. The maximum absolute atomic E-state index is 13.2. The number of hydrogen-bond acceptors (Lipinski definition) is 6. The van der Waals surface area contributed by atoms with Gasteiger partial charge in [-0.3, -0.25) is 14.1 Å². The highest BCUT2D eigenvalue weighted by Gasteiger charge is 2.36. The van der Waals surface area contributed by atoms with Gasteiger partial charge in [-0.2, -0.15) is 8.42 Å². The van der Waals surface area contributed by atoms with Crippen LogP contribution in [0.2, 0.25) is 0 Å². The minimum Gasteiger partial charge on any atom is -0.397 e. The summed E-state index contributed by atoms with van der Waals surface area (Å²) in [7, 11) is -4.71. The molecule has 29 heavy (non-hydrogen) atoms. The summed E-state index contributed by atoms with van der Waals surface area (Å²) in [4.78, 5) is 26.7. The van der Waals surface area contributed by atoms with Gasteiger partial charge in [0.05, 0.1) is 11.3 Å². The van der Waals surface area contributed by atoms with E-state index < -0.39 is 32.3 Å². The van der Waals surface area contributed by atoms with Crippen LogP contribution in [-0.2, 0) is 10.1 Å². The Morgan fingerprint density at radius 1 is 0.897 bits per heavy atom. The summed E-state index contributed by atoms with van der Waals surface area (Å²) in [5.41, 5.74) is 6.80. The smallest absolute Gasteiger partial charge is 0.296 e. The Kier molecular flexibility index (Phi) is 4.57. The molecule has 3 aromatic rings. The molecule has 0 unspecified atom stereocenters. The van der Waals surface area contributed by atoms with Gasteiger partial charge in [-0.25, -0.2) is 0 Å². The number of carbonyl (C=O) groups is 2. The fraction of sp³-hybridized carbons (Fsp3) is 0.0476. The molecular weight excluding hydrogens is 410 g/mol. The molecule has 0 aromatic heterocycles. The molecule has 0 saturated carbocycles. The van der Waals surface area contributed by atoms with Crippen LogP contribution in [0.25, 0.3) is 0 Å². The van der Waals surface area contributed by atoms with Crippen LogP contribution in [0.1, 0.15) is 37.4 Å². The van der Waals surface area contributed by atoms with E-state index in [2.05, 4.69) is 0 Å². The van der Waals surface area contributed by atoms with Gasteiger partial charge in [0, 0.05) is 26.5 Å². The van der Waals surface area contributed by atoms with Crippen LogP contribution in [0.4, 0.5) is 5.69 Å². The van der Waals surface area contributed by atoms with Crippen molar-refractivity contribution in [1.82, 2.24) is 0 Å². The second kappa shape index (κ2) is 6.84. The molecule has 0 saturated heterocycles. The number of benzene rings is 3. The van der Waals surface area contributed by atoms with E-state index in [-0.39, 0.29) is 27.1 Å². The number of rotatable bonds is 3. The van der Waals surface area contributed by atoms with Crippen molar-refractivity contribution in [2.24, 2.45) is 0 Å². The molecule has 0 atom stereocenters. The van der Waals surface area contributed by atoms with Crippen molar-refractivity contribution in [2.75, 3.05) is 5.73 Å². The molecule has 0 bridgehead atoms. The first-order valence-corrected chi connectivity index (χ1v) is 10.8. The summed E-state index contributed by atoms with van der Waals surface area (Å²) >= 11 is 1.13. The zero-order valence-electron chi connectivity index (χ0n) is 15.2. The van der Waals surface area contributed by atoms with E-state index in [1.807, 2.05) is 31.2 Å². The highest BCUT2D eigenvalue weighted by molar-refractivity contribution is 7.99. The molecule has 6 nitrogen and oxygen atoms in total. The second-order valence-electron chi connectivity index (χ2n) is 6.63. The number of anilines is 1. The quantitative estimate of drug-likeness (QED) is 0.379. The molecule has 4 rings (SSSR count). The van der Waals surface area contributed by atoms with E-state index in [0.29, 0.717) is 0 Å². The Morgan fingerprint density at radius 2 is 1.45 bits per heavy atom. The molecule has 0 aliphatic heterocycles. The third kappa shape index (κ3) is 3.25. The molecule has 3 aromatic carbocycles.